The van der Waals surface area contributed by atoms with E-state index < -0.39 is 0 Å². The number of hydrogen-bond donors (Lipinski definition) is 0. The molecule has 0 unspecified atom stereocenters. The Balaban J connectivity index is 1.69. The van der Waals surface area contributed by atoms with Crippen molar-refractivity contribution in [1.82, 2.24) is 4.98 Å². The summed E-state index contributed by atoms with van der Waals surface area (Å²) >= 11 is 1.73. The molecule has 0 radical (unpaired) electrons. The third kappa shape index (κ3) is 4.05. The summed E-state index contributed by atoms with van der Waals surface area (Å²) in [6, 6.07) is 29.4. The van der Waals surface area contributed by atoms with Gasteiger partial charge in [0.25, 0.3) is 0 Å². The van der Waals surface area contributed by atoms with Crippen molar-refractivity contribution in [2.45, 2.75) is 0 Å². The van der Waals surface area contributed by atoms with Gasteiger partial charge in [0, 0.05) is 25.3 Å². The van der Waals surface area contributed by atoms with Crippen LogP contribution in [0.5, 0.6) is 0 Å². The fourth-order valence-corrected chi connectivity index (χ4v) is 4.03. The monoisotopic (exact) mass is 382 g/mol. The van der Waals surface area contributed by atoms with E-state index in [0.717, 1.165) is 16.3 Å². The number of anilines is 1. The summed E-state index contributed by atoms with van der Waals surface area (Å²) in [5, 5.41) is 1.01. The Kier molecular flexibility index (Phi) is 5.36. The first-order chi connectivity index (χ1) is 13.7. The van der Waals surface area contributed by atoms with Gasteiger partial charge in [-0.25, -0.2) is 4.98 Å². The molecule has 0 aliphatic rings. The van der Waals surface area contributed by atoms with Crippen molar-refractivity contribution in [3.8, 4) is 21.7 Å². The normalized spacial score (nSPS) is 11.1. The zero-order chi connectivity index (χ0) is 19.3. The predicted octanol–water partition coefficient (Wildman–Crippen LogP) is 6.71. The van der Waals surface area contributed by atoms with Gasteiger partial charge >= 0.3 is 0 Å². The van der Waals surface area contributed by atoms with E-state index in [-0.39, 0.29) is 0 Å². The fourth-order valence-electron chi connectivity index (χ4n) is 3.04. The van der Waals surface area contributed by atoms with Gasteiger partial charge < -0.3 is 4.90 Å². The number of thiazole rings is 1. The van der Waals surface area contributed by atoms with Crippen molar-refractivity contribution in [3.63, 3.8) is 0 Å². The molecule has 0 atom stereocenters. The molecule has 0 bridgehead atoms. The van der Waals surface area contributed by atoms with Gasteiger partial charge in [0.05, 0.1) is 10.6 Å². The predicted molar refractivity (Wildman–Crippen MR) is 123 cm³/mol. The summed E-state index contributed by atoms with van der Waals surface area (Å²) in [7, 11) is 4.10. The highest BCUT2D eigenvalue weighted by atomic mass is 32.1. The Morgan fingerprint density at radius 3 is 1.93 bits per heavy atom. The summed E-state index contributed by atoms with van der Waals surface area (Å²) in [5.41, 5.74) is 5.76. The highest BCUT2D eigenvalue weighted by Crippen LogP contribution is 2.37. The molecule has 2 nitrogen and oxygen atoms in total. The van der Waals surface area contributed by atoms with Crippen molar-refractivity contribution >= 4 is 29.2 Å². The molecule has 1 heterocycles. The molecule has 28 heavy (non-hydrogen) atoms. The summed E-state index contributed by atoms with van der Waals surface area (Å²) in [6.45, 7) is 0. The second kappa shape index (κ2) is 8.24. The minimum atomic E-state index is 1.01. The van der Waals surface area contributed by atoms with Crippen LogP contribution in [-0.2, 0) is 0 Å². The van der Waals surface area contributed by atoms with Crippen molar-refractivity contribution in [2.75, 3.05) is 19.0 Å². The van der Waals surface area contributed by atoms with Crippen LogP contribution in [0, 0.1) is 0 Å². The summed E-state index contributed by atoms with van der Waals surface area (Å²) in [6.07, 6.45) is 4.23. The largest absolute Gasteiger partial charge is 0.378 e. The molecule has 1 aromatic heterocycles. The highest BCUT2D eigenvalue weighted by Gasteiger charge is 2.13. The van der Waals surface area contributed by atoms with E-state index >= 15 is 0 Å². The van der Waals surface area contributed by atoms with Crippen molar-refractivity contribution in [3.05, 3.63) is 95.5 Å². The van der Waals surface area contributed by atoms with Gasteiger partial charge in [-0.2, -0.15) is 0 Å². The lowest BCUT2D eigenvalue weighted by Crippen LogP contribution is -2.07. The number of hydrogen-bond acceptors (Lipinski definition) is 3. The van der Waals surface area contributed by atoms with Crippen LogP contribution in [0.3, 0.4) is 0 Å². The average molecular weight is 383 g/mol. The Bertz CT molecular complexity index is 1010. The van der Waals surface area contributed by atoms with Crippen LogP contribution >= 0.6 is 11.3 Å². The van der Waals surface area contributed by atoms with Crippen molar-refractivity contribution in [2.24, 2.45) is 0 Å². The second-order valence-electron chi connectivity index (χ2n) is 6.78. The Labute approximate surface area is 170 Å². The van der Waals surface area contributed by atoms with Gasteiger partial charge in [-0.3, -0.25) is 0 Å². The van der Waals surface area contributed by atoms with Gasteiger partial charge in [0.15, 0.2) is 0 Å². The minimum absolute atomic E-state index is 1.01. The first kappa shape index (κ1) is 18.2. The summed E-state index contributed by atoms with van der Waals surface area (Å²) in [5.74, 6) is 0. The van der Waals surface area contributed by atoms with E-state index in [4.69, 9.17) is 4.98 Å². The first-order valence-electron chi connectivity index (χ1n) is 9.28. The fraction of sp³-hybridized carbons (Fsp3) is 0.0800. The van der Waals surface area contributed by atoms with E-state index in [1.165, 1.54) is 21.7 Å². The molecule has 0 saturated heterocycles. The molecule has 0 aliphatic heterocycles. The second-order valence-corrected chi connectivity index (χ2v) is 7.81. The third-order valence-corrected chi connectivity index (χ3v) is 5.62. The maximum absolute atomic E-state index is 4.94. The molecule has 0 spiro atoms. The molecule has 0 saturated carbocycles. The molecular weight excluding hydrogens is 360 g/mol. The van der Waals surface area contributed by atoms with Crippen LogP contribution in [0.4, 0.5) is 5.69 Å². The van der Waals surface area contributed by atoms with Crippen LogP contribution in [0.15, 0.2) is 84.9 Å². The molecule has 0 N–H and O–H groups in total. The lowest BCUT2D eigenvalue weighted by atomic mass is 10.1. The van der Waals surface area contributed by atoms with Gasteiger partial charge in [-0.05, 0) is 29.3 Å². The molecule has 138 valence electrons. The third-order valence-electron chi connectivity index (χ3n) is 4.55. The molecular formula is C25H22N2S. The van der Waals surface area contributed by atoms with Crippen LogP contribution in [0.25, 0.3) is 33.9 Å². The SMILES string of the molecule is CN(C)c1ccc(/C=C/c2nc(-c3ccccc3)c(-c3ccccc3)s2)cc1. The Hall–Kier alpha value is -3.17. The van der Waals surface area contributed by atoms with Gasteiger partial charge in [0.2, 0.25) is 0 Å². The number of aromatic nitrogens is 1. The number of benzene rings is 3. The zero-order valence-corrected chi connectivity index (χ0v) is 16.9. The minimum Gasteiger partial charge on any atom is -0.378 e. The molecule has 4 rings (SSSR count). The molecule has 0 fully saturated rings. The highest BCUT2D eigenvalue weighted by molar-refractivity contribution is 7.16. The maximum atomic E-state index is 4.94. The lowest BCUT2D eigenvalue weighted by molar-refractivity contribution is 1.13. The van der Waals surface area contributed by atoms with E-state index in [0.29, 0.717) is 0 Å². The van der Waals surface area contributed by atoms with E-state index in [1.807, 2.05) is 12.1 Å². The molecule has 0 amide bonds. The van der Waals surface area contributed by atoms with Crippen molar-refractivity contribution < 1.29 is 0 Å². The number of rotatable bonds is 5. The molecule has 4 aromatic rings. The molecule has 0 aliphatic carbocycles. The summed E-state index contributed by atoms with van der Waals surface area (Å²) < 4.78 is 0. The standard InChI is InChI=1S/C25H22N2S/c1-27(2)22-16-13-19(14-17-22)15-18-23-26-24(20-9-5-3-6-10-20)25(28-23)21-11-7-4-8-12-21/h3-18H,1-2H3/b18-15+. The summed E-state index contributed by atoms with van der Waals surface area (Å²) in [4.78, 5) is 8.25. The van der Waals surface area contributed by atoms with Gasteiger partial charge in [-0.1, -0.05) is 78.9 Å². The van der Waals surface area contributed by atoms with E-state index in [1.54, 1.807) is 11.3 Å². The van der Waals surface area contributed by atoms with Crippen LogP contribution in [0.1, 0.15) is 10.6 Å². The van der Waals surface area contributed by atoms with Gasteiger partial charge in [0.1, 0.15) is 5.01 Å². The average Bonchev–Trinajstić information content (AvgIpc) is 3.18. The van der Waals surface area contributed by atoms with Crippen LogP contribution in [0.2, 0.25) is 0 Å². The quantitative estimate of drug-likeness (QED) is 0.381. The topological polar surface area (TPSA) is 16.1 Å². The van der Waals surface area contributed by atoms with Gasteiger partial charge in [-0.15, -0.1) is 11.3 Å². The maximum Gasteiger partial charge on any atom is 0.117 e. The lowest BCUT2D eigenvalue weighted by Gasteiger charge is -2.11. The van der Waals surface area contributed by atoms with E-state index in [9.17, 15) is 0 Å². The number of nitrogens with zero attached hydrogens (tertiary/aromatic N) is 2. The van der Waals surface area contributed by atoms with E-state index in [2.05, 4.69) is 104 Å². The Morgan fingerprint density at radius 1 is 0.714 bits per heavy atom. The molecule has 3 heteroatoms. The van der Waals surface area contributed by atoms with Crippen LogP contribution in [-0.4, -0.2) is 19.1 Å². The zero-order valence-electron chi connectivity index (χ0n) is 16.0. The molecule has 3 aromatic carbocycles. The smallest absolute Gasteiger partial charge is 0.117 e. The first-order valence-corrected chi connectivity index (χ1v) is 10.1. The Morgan fingerprint density at radius 2 is 1.32 bits per heavy atom. The van der Waals surface area contributed by atoms with Crippen LogP contribution < -0.4 is 4.90 Å². The van der Waals surface area contributed by atoms with Crippen molar-refractivity contribution in [1.29, 1.82) is 0 Å².